The summed E-state index contributed by atoms with van der Waals surface area (Å²) >= 11 is 0. The standard InChI is InChI=1S/C27H45NO/c1-18(2)9-8-10-19(3)21-12-13-22-20-17-28-25(29)24-11-6-7-15-26(24,4)23(20)14-16-27(21,22)5/h11,18-23H,6-10,12-17H2,1-5H3,(H,28,29)/t19-,20+,21-,22+,23+,26-,27-/m1/s1. The first-order valence-corrected chi connectivity index (χ1v) is 12.8. The smallest absolute Gasteiger partial charge is 0.247 e. The van der Waals surface area contributed by atoms with E-state index < -0.39 is 0 Å². The van der Waals surface area contributed by atoms with E-state index in [0.29, 0.717) is 17.3 Å². The number of hydrogen-bond donors (Lipinski definition) is 1. The molecule has 4 rings (SSSR count). The second-order valence-corrected chi connectivity index (χ2v) is 12.0. The highest BCUT2D eigenvalue weighted by Gasteiger charge is 2.59. The summed E-state index contributed by atoms with van der Waals surface area (Å²) in [6.07, 6.45) is 15.5. The highest BCUT2D eigenvalue weighted by atomic mass is 16.1. The Morgan fingerprint density at radius 2 is 1.86 bits per heavy atom. The zero-order valence-electron chi connectivity index (χ0n) is 19.7. The molecule has 164 valence electrons. The molecule has 7 atom stereocenters. The maximum Gasteiger partial charge on any atom is 0.247 e. The first-order valence-electron chi connectivity index (χ1n) is 12.8. The lowest BCUT2D eigenvalue weighted by atomic mass is 9.50. The number of allylic oxidation sites excluding steroid dienone is 1. The molecule has 1 saturated heterocycles. The lowest BCUT2D eigenvalue weighted by Crippen LogP contribution is -2.49. The zero-order chi connectivity index (χ0) is 20.8. The minimum Gasteiger partial charge on any atom is -0.352 e. The van der Waals surface area contributed by atoms with Crippen molar-refractivity contribution in [3.63, 3.8) is 0 Å². The van der Waals surface area contributed by atoms with Crippen molar-refractivity contribution in [1.29, 1.82) is 0 Å². The quantitative estimate of drug-likeness (QED) is 0.544. The van der Waals surface area contributed by atoms with Crippen molar-refractivity contribution in [3.05, 3.63) is 11.6 Å². The molecule has 29 heavy (non-hydrogen) atoms. The zero-order valence-corrected chi connectivity index (χ0v) is 19.7. The van der Waals surface area contributed by atoms with Gasteiger partial charge in [0.05, 0.1) is 0 Å². The number of nitrogens with one attached hydrogen (secondary N) is 1. The summed E-state index contributed by atoms with van der Waals surface area (Å²) in [4.78, 5) is 12.9. The Hall–Kier alpha value is -0.790. The summed E-state index contributed by atoms with van der Waals surface area (Å²) in [5.74, 6) is 4.99. The summed E-state index contributed by atoms with van der Waals surface area (Å²) in [5, 5.41) is 3.38. The molecule has 3 fully saturated rings. The van der Waals surface area contributed by atoms with Crippen LogP contribution >= 0.6 is 0 Å². The molecule has 0 unspecified atom stereocenters. The van der Waals surface area contributed by atoms with E-state index in [-0.39, 0.29) is 11.3 Å². The van der Waals surface area contributed by atoms with Gasteiger partial charge in [0.2, 0.25) is 5.91 Å². The molecular formula is C27H45NO. The van der Waals surface area contributed by atoms with Gasteiger partial charge in [-0.3, -0.25) is 4.79 Å². The van der Waals surface area contributed by atoms with Crippen LogP contribution in [0.1, 0.15) is 98.8 Å². The van der Waals surface area contributed by atoms with E-state index >= 15 is 0 Å². The van der Waals surface area contributed by atoms with Crippen molar-refractivity contribution < 1.29 is 4.79 Å². The van der Waals surface area contributed by atoms with Crippen LogP contribution in [-0.4, -0.2) is 12.5 Å². The summed E-state index contributed by atoms with van der Waals surface area (Å²) in [7, 11) is 0. The van der Waals surface area contributed by atoms with Crippen molar-refractivity contribution in [2.45, 2.75) is 98.8 Å². The van der Waals surface area contributed by atoms with Gasteiger partial charge in [-0.15, -0.1) is 0 Å². The van der Waals surface area contributed by atoms with Crippen LogP contribution in [0.4, 0.5) is 0 Å². The van der Waals surface area contributed by atoms with Gasteiger partial charge in [0.25, 0.3) is 0 Å². The molecule has 3 aliphatic carbocycles. The molecule has 0 aromatic carbocycles. The number of fused-ring (bicyclic) bond motifs is 5. The van der Waals surface area contributed by atoms with Gasteiger partial charge in [-0.1, -0.05) is 60.0 Å². The minimum absolute atomic E-state index is 0.117. The molecule has 0 aromatic heterocycles. The average Bonchev–Trinajstić information content (AvgIpc) is 2.97. The first-order chi connectivity index (χ1) is 13.8. The molecule has 2 nitrogen and oxygen atoms in total. The Morgan fingerprint density at radius 3 is 2.62 bits per heavy atom. The number of carbonyl (C=O) groups excluding carboxylic acids is 1. The highest BCUT2D eigenvalue weighted by molar-refractivity contribution is 5.95. The van der Waals surface area contributed by atoms with Gasteiger partial charge in [-0.2, -0.15) is 0 Å². The second kappa shape index (κ2) is 8.04. The van der Waals surface area contributed by atoms with E-state index in [1.807, 2.05) is 0 Å². The van der Waals surface area contributed by atoms with Crippen LogP contribution in [-0.2, 0) is 4.79 Å². The van der Waals surface area contributed by atoms with E-state index in [1.165, 1.54) is 57.8 Å². The Kier molecular flexibility index (Phi) is 5.95. The van der Waals surface area contributed by atoms with E-state index in [9.17, 15) is 4.79 Å². The largest absolute Gasteiger partial charge is 0.352 e. The second-order valence-electron chi connectivity index (χ2n) is 12.0. The van der Waals surface area contributed by atoms with Crippen molar-refractivity contribution in [2.75, 3.05) is 6.54 Å². The average molecular weight is 400 g/mol. The molecule has 0 bridgehead atoms. The molecular weight excluding hydrogens is 354 g/mol. The fourth-order valence-corrected chi connectivity index (χ4v) is 8.51. The van der Waals surface area contributed by atoms with E-state index in [0.717, 1.165) is 42.2 Å². The SMILES string of the molecule is CC(C)CCC[C@@H](C)[C@H]1CC[C@H]2[C@@H]3CNC(=O)C4=CCCC[C@]4(C)[C@H]3CC[C@]12C. The van der Waals surface area contributed by atoms with E-state index in [1.54, 1.807) is 0 Å². The number of rotatable bonds is 5. The van der Waals surface area contributed by atoms with Gasteiger partial charge in [-0.25, -0.2) is 0 Å². The Labute approximate surface area is 179 Å². The van der Waals surface area contributed by atoms with Gasteiger partial charge in [0.1, 0.15) is 0 Å². The molecule has 1 heterocycles. The van der Waals surface area contributed by atoms with Gasteiger partial charge in [0, 0.05) is 17.5 Å². The monoisotopic (exact) mass is 399 g/mol. The van der Waals surface area contributed by atoms with Crippen molar-refractivity contribution in [1.82, 2.24) is 5.32 Å². The fraction of sp³-hybridized carbons (Fsp3) is 0.889. The van der Waals surface area contributed by atoms with Crippen LogP contribution in [0.25, 0.3) is 0 Å². The molecule has 1 aliphatic heterocycles. The van der Waals surface area contributed by atoms with Crippen LogP contribution in [0, 0.1) is 46.3 Å². The van der Waals surface area contributed by atoms with Crippen LogP contribution in [0.5, 0.6) is 0 Å². The Morgan fingerprint density at radius 1 is 1.07 bits per heavy atom. The third-order valence-corrected chi connectivity index (χ3v) is 10.1. The third-order valence-electron chi connectivity index (χ3n) is 10.1. The number of carbonyl (C=O) groups is 1. The lowest BCUT2D eigenvalue weighted by molar-refractivity contribution is -0.118. The maximum atomic E-state index is 12.9. The minimum atomic E-state index is 0.117. The van der Waals surface area contributed by atoms with Crippen molar-refractivity contribution >= 4 is 5.91 Å². The molecule has 1 amide bonds. The summed E-state index contributed by atoms with van der Waals surface area (Å²) in [5.41, 5.74) is 1.74. The van der Waals surface area contributed by atoms with E-state index in [2.05, 4.69) is 46.0 Å². The molecule has 0 spiro atoms. The molecule has 1 N–H and O–H groups in total. The Bertz CT molecular complexity index is 651. The topological polar surface area (TPSA) is 29.1 Å². The fourth-order valence-electron chi connectivity index (χ4n) is 8.51. The predicted molar refractivity (Wildman–Crippen MR) is 121 cm³/mol. The normalized spacial score (nSPS) is 43.0. The van der Waals surface area contributed by atoms with Crippen LogP contribution in [0.2, 0.25) is 0 Å². The lowest BCUT2D eigenvalue weighted by Gasteiger charge is -2.54. The number of hydrogen-bond acceptors (Lipinski definition) is 1. The summed E-state index contributed by atoms with van der Waals surface area (Å²) in [6, 6.07) is 0. The molecule has 0 radical (unpaired) electrons. The van der Waals surface area contributed by atoms with E-state index in [4.69, 9.17) is 0 Å². The molecule has 2 saturated carbocycles. The first kappa shape index (κ1) is 21.4. The van der Waals surface area contributed by atoms with Gasteiger partial charge in [-0.05, 0) is 85.9 Å². The predicted octanol–water partition coefficient (Wildman–Crippen LogP) is 6.75. The van der Waals surface area contributed by atoms with Crippen LogP contribution in [0.15, 0.2) is 11.6 Å². The van der Waals surface area contributed by atoms with Gasteiger partial charge < -0.3 is 5.32 Å². The number of amides is 1. The third kappa shape index (κ3) is 3.61. The molecule has 2 heteroatoms. The molecule has 4 aliphatic rings. The van der Waals surface area contributed by atoms with Crippen LogP contribution in [0.3, 0.4) is 0 Å². The van der Waals surface area contributed by atoms with Crippen molar-refractivity contribution in [2.24, 2.45) is 46.3 Å². The van der Waals surface area contributed by atoms with Crippen LogP contribution < -0.4 is 5.32 Å². The maximum absolute atomic E-state index is 12.9. The van der Waals surface area contributed by atoms with Gasteiger partial charge >= 0.3 is 0 Å². The highest BCUT2D eigenvalue weighted by Crippen LogP contribution is 2.65. The summed E-state index contributed by atoms with van der Waals surface area (Å²) < 4.78 is 0. The van der Waals surface area contributed by atoms with Crippen molar-refractivity contribution in [3.8, 4) is 0 Å². The molecule has 0 aromatic rings. The van der Waals surface area contributed by atoms with Gasteiger partial charge in [0.15, 0.2) is 0 Å². The summed E-state index contributed by atoms with van der Waals surface area (Å²) in [6.45, 7) is 13.2. The Balaban J connectivity index is 1.54.